The number of aliphatic carboxylic acids is 1. The molecule has 5 heteroatoms. The molecule has 4 nitrogen and oxygen atoms in total. The van der Waals surface area contributed by atoms with Gasteiger partial charge >= 0.3 is 35.5 Å². The zero-order chi connectivity index (χ0) is 16.4. The number of aliphatic hydroxyl groups excluding tert-OH is 1. The fraction of sp³-hybridized carbons (Fsp3) is 0.316. The van der Waals surface area contributed by atoms with Gasteiger partial charge in [0.05, 0.1) is 18.6 Å². The largest absolute Gasteiger partial charge is 1.00 e. The molecule has 0 fully saturated rings. The summed E-state index contributed by atoms with van der Waals surface area (Å²) in [6.45, 7) is 2.06. The van der Waals surface area contributed by atoms with E-state index in [1.54, 1.807) is 25.1 Å². The number of carboxylic acid groups (broad SMARTS) is 1. The van der Waals surface area contributed by atoms with E-state index in [9.17, 15) is 9.90 Å². The van der Waals surface area contributed by atoms with Crippen molar-refractivity contribution in [3.8, 4) is 5.75 Å². The van der Waals surface area contributed by atoms with Crippen LogP contribution >= 0.6 is 0 Å². The molecule has 0 bridgehead atoms. The molecule has 0 aliphatic carbocycles. The van der Waals surface area contributed by atoms with Gasteiger partial charge in [-0.25, -0.2) is 0 Å². The number of carboxylic acids is 1. The molecule has 24 heavy (non-hydrogen) atoms. The molecule has 1 unspecified atom stereocenters. The Hall–Kier alpha value is -1.33. The van der Waals surface area contributed by atoms with Crippen LogP contribution in [0.2, 0.25) is 0 Å². The molecule has 2 N–H and O–H groups in total. The minimum Gasteiger partial charge on any atom is -1.00 e. The van der Waals surface area contributed by atoms with Gasteiger partial charge in [-0.3, -0.25) is 4.79 Å². The maximum atomic E-state index is 11.1. The second-order valence-electron chi connectivity index (χ2n) is 6.06. The molecule has 2 aromatic carbocycles. The van der Waals surface area contributed by atoms with Crippen molar-refractivity contribution >= 4 is 5.97 Å². The number of ether oxygens (including phenoxy) is 1. The van der Waals surface area contributed by atoms with Crippen molar-refractivity contribution in [3.05, 3.63) is 65.2 Å². The molecule has 0 amide bonds. The van der Waals surface area contributed by atoms with Crippen molar-refractivity contribution in [2.75, 3.05) is 6.61 Å². The van der Waals surface area contributed by atoms with Crippen molar-refractivity contribution in [1.82, 2.24) is 0 Å². The summed E-state index contributed by atoms with van der Waals surface area (Å²) >= 11 is 0. The average Bonchev–Trinajstić information content (AvgIpc) is 2.57. The van der Waals surface area contributed by atoms with E-state index in [0.717, 1.165) is 12.0 Å². The van der Waals surface area contributed by atoms with Gasteiger partial charge in [-0.15, -0.1) is 0 Å². The zero-order valence-electron chi connectivity index (χ0n) is 15.0. The quantitative estimate of drug-likeness (QED) is 0.787. The Morgan fingerprint density at radius 2 is 2.00 bits per heavy atom. The number of carbonyl (C=O) groups is 1. The maximum absolute atomic E-state index is 11.1. The monoisotopic (exact) mass is 336 g/mol. The first-order valence-electron chi connectivity index (χ1n) is 7.77. The number of aliphatic hydroxyl groups is 1. The van der Waals surface area contributed by atoms with Crippen LogP contribution in [-0.2, 0) is 11.2 Å². The summed E-state index contributed by atoms with van der Waals surface area (Å²) in [7, 11) is 0. The van der Waals surface area contributed by atoms with E-state index in [1.165, 1.54) is 5.56 Å². The summed E-state index contributed by atoms with van der Waals surface area (Å²) in [5.74, 6) is -0.883. The fourth-order valence-corrected chi connectivity index (χ4v) is 2.96. The number of benzene rings is 2. The number of fused-ring (bicyclic) bond motifs is 1. The van der Waals surface area contributed by atoms with Gasteiger partial charge in [-0.1, -0.05) is 42.5 Å². The van der Waals surface area contributed by atoms with Crippen LogP contribution in [0.5, 0.6) is 5.75 Å². The average molecular weight is 336 g/mol. The van der Waals surface area contributed by atoms with Crippen LogP contribution in [0.25, 0.3) is 0 Å². The SMILES string of the molecule is CC(C(=O)O)c1ccc2c(c1)OC[C@H](Cc1ccccc1)[C@H]2O.[H-].[Na+]. The summed E-state index contributed by atoms with van der Waals surface area (Å²) in [6, 6.07) is 15.3. The summed E-state index contributed by atoms with van der Waals surface area (Å²) in [5.41, 5.74) is 2.59. The van der Waals surface area contributed by atoms with E-state index in [2.05, 4.69) is 0 Å². The normalized spacial score (nSPS) is 20.2. The van der Waals surface area contributed by atoms with Gasteiger partial charge in [0.1, 0.15) is 5.75 Å². The predicted octanol–water partition coefficient (Wildman–Crippen LogP) is 0.276. The maximum Gasteiger partial charge on any atom is 1.00 e. The first-order chi connectivity index (χ1) is 11.1. The number of rotatable bonds is 4. The van der Waals surface area contributed by atoms with Crippen molar-refractivity contribution < 1.29 is 50.7 Å². The third-order valence-electron chi connectivity index (χ3n) is 4.47. The topological polar surface area (TPSA) is 66.8 Å². The van der Waals surface area contributed by atoms with Crippen molar-refractivity contribution in [1.29, 1.82) is 0 Å². The predicted molar refractivity (Wildman–Crippen MR) is 87.7 cm³/mol. The Bertz CT molecular complexity index is 708. The molecule has 1 aliphatic rings. The van der Waals surface area contributed by atoms with E-state index in [4.69, 9.17) is 9.84 Å². The number of hydrogen-bond donors (Lipinski definition) is 2. The van der Waals surface area contributed by atoms with Gasteiger partial charge in [0.25, 0.3) is 0 Å². The first kappa shape index (κ1) is 19.0. The van der Waals surface area contributed by atoms with Crippen LogP contribution in [0.4, 0.5) is 0 Å². The molecule has 3 rings (SSSR count). The third kappa shape index (κ3) is 4.01. The molecule has 1 heterocycles. The molecular formula is C19H21NaO4. The van der Waals surface area contributed by atoms with Crippen molar-refractivity contribution in [2.45, 2.75) is 25.4 Å². The molecule has 0 radical (unpaired) electrons. The molecule has 0 spiro atoms. The van der Waals surface area contributed by atoms with Crippen molar-refractivity contribution in [3.63, 3.8) is 0 Å². The Kier molecular flexibility index (Phi) is 6.47. The van der Waals surface area contributed by atoms with Gasteiger partial charge in [0, 0.05) is 11.5 Å². The van der Waals surface area contributed by atoms with Crippen LogP contribution in [0.3, 0.4) is 0 Å². The van der Waals surface area contributed by atoms with E-state index in [1.807, 2.05) is 30.3 Å². The Balaban J connectivity index is 0.00000156. The minimum absolute atomic E-state index is 0. The summed E-state index contributed by atoms with van der Waals surface area (Å²) in [4.78, 5) is 11.1. The van der Waals surface area contributed by atoms with Crippen LogP contribution < -0.4 is 34.3 Å². The van der Waals surface area contributed by atoms with Gasteiger partial charge in [-0.05, 0) is 30.5 Å². The molecule has 122 valence electrons. The van der Waals surface area contributed by atoms with Crippen molar-refractivity contribution in [2.24, 2.45) is 5.92 Å². The molecule has 2 aromatic rings. The van der Waals surface area contributed by atoms with Crippen LogP contribution in [-0.4, -0.2) is 22.8 Å². The number of hydrogen-bond acceptors (Lipinski definition) is 3. The zero-order valence-corrected chi connectivity index (χ0v) is 16.0. The Labute approximate surface area is 165 Å². The van der Waals surface area contributed by atoms with Gasteiger partial charge in [0.15, 0.2) is 0 Å². The minimum atomic E-state index is -0.872. The molecule has 3 atom stereocenters. The van der Waals surface area contributed by atoms with E-state index in [-0.39, 0.29) is 36.9 Å². The third-order valence-corrected chi connectivity index (χ3v) is 4.47. The molecule has 0 aromatic heterocycles. The summed E-state index contributed by atoms with van der Waals surface area (Å²) in [5, 5.41) is 19.7. The smallest absolute Gasteiger partial charge is 1.00 e. The molecular weight excluding hydrogens is 315 g/mol. The summed E-state index contributed by atoms with van der Waals surface area (Å²) in [6.07, 6.45) is 0.141. The molecule has 0 saturated carbocycles. The van der Waals surface area contributed by atoms with Crippen LogP contribution in [0.15, 0.2) is 48.5 Å². The second-order valence-corrected chi connectivity index (χ2v) is 6.06. The molecule has 0 saturated heterocycles. The standard InChI is InChI=1S/C19H20O4.Na.H/c1-12(19(21)22)14-7-8-16-17(10-14)23-11-15(18(16)20)9-13-5-3-2-4-6-13;;/h2-8,10,12,15,18,20H,9,11H2,1H3,(H,21,22);;/q;+1;-1/t12?,15-,18+;;/m0../s1. The Morgan fingerprint density at radius 1 is 1.29 bits per heavy atom. The van der Waals surface area contributed by atoms with E-state index >= 15 is 0 Å². The summed E-state index contributed by atoms with van der Waals surface area (Å²) < 4.78 is 5.80. The van der Waals surface area contributed by atoms with Gasteiger partial charge in [-0.2, -0.15) is 0 Å². The van der Waals surface area contributed by atoms with Crippen LogP contribution in [0, 0.1) is 5.92 Å². The second kappa shape index (κ2) is 8.17. The van der Waals surface area contributed by atoms with Gasteiger partial charge in [0.2, 0.25) is 0 Å². The molecule has 1 aliphatic heterocycles. The van der Waals surface area contributed by atoms with Gasteiger partial charge < -0.3 is 16.4 Å². The van der Waals surface area contributed by atoms with Crippen LogP contribution in [0.1, 0.15) is 37.1 Å². The van der Waals surface area contributed by atoms with E-state index in [0.29, 0.717) is 17.9 Å². The first-order valence-corrected chi connectivity index (χ1v) is 7.77. The fourth-order valence-electron chi connectivity index (χ4n) is 2.96. The Morgan fingerprint density at radius 3 is 2.67 bits per heavy atom. The van der Waals surface area contributed by atoms with E-state index < -0.39 is 18.0 Å².